The fourth-order valence-corrected chi connectivity index (χ4v) is 1.59. The van der Waals surface area contributed by atoms with Crippen molar-refractivity contribution in [3.05, 3.63) is 35.6 Å². The molecule has 0 aromatic heterocycles. The summed E-state index contributed by atoms with van der Waals surface area (Å²) >= 11 is 0. The van der Waals surface area contributed by atoms with Gasteiger partial charge in [-0.15, -0.1) is 24.0 Å². The van der Waals surface area contributed by atoms with Crippen LogP contribution in [0.15, 0.2) is 29.3 Å². The van der Waals surface area contributed by atoms with Crippen molar-refractivity contribution in [2.75, 3.05) is 27.2 Å². The van der Waals surface area contributed by atoms with E-state index in [1.165, 1.54) is 6.07 Å². The maximum Gasteiger partial charge on any atom is 0.191 e. The van der Waals surface area contributed by atoms with Crippen LogP contribution in [-0.2, 0) is 6.54 Å². The molecule has 1 aromatic carbocycles. The maximum atomic E-state index is 13.6. The molecule has 0 saturated heterocycles. The second-order valence-electron chi connectivity index (χ2n) is 5.85. The third-order valence-corrected chi connectivity index (χ3v) is 3.61. The summed E-state index contributed by atoms with van der Waals surface area (Å²) in [5.74, 6) is 0.487. The van der Waals surface area contributed by atoms with Gasteiger partial charge in [-0.3, -0.25) is 0 Å². The molecule has 0 saturated carbocycles. The molecule has 4 nitrogen and oxygen atoms in total. The number of nitrogens with zero attached hydrogens (tertiary/aromatic N) is 2. The Morgan fingerprint density at radius 1 is 1.23 bits per heavy atom. The van der Waals surface area contributed by atoms with Crippen molar-refractivity contribution in [2.24, 2.45) is 4.99 Å². The molecule has 1 rings (SSSR count). The summed E-state index contributed by atoms with van der Waals surface area (Å²) in [4.78, 5) is 6.60. The summed E-state index contributed by atoms with van der Waals surface area (Å²) in [6.07, 6.45) is 0. The lowest BCUT2D eigenvalue weighted by Crippen LogP contribution is -2.50. The fraction of sp³-hybridized carbons (Fsp3) is 0.562. The molecule has 22 heavy (non-hydrogen) atoms. The normalized spacial score (nSPS) is 12.0. The molecule has 0 aliphatic heterocycles. The molecule has 1 aromatic rings. The van der Waals surface area contributed by atoms with Crippen LogP contribution in [0.3, 0.4) is 0 Å². The fourth-order valence-electron chi connectivity index (χ4n) is 1.59. The molecule has 0 spiro atoms. The predicted molar refractivity (Wildman–Crippen MR) is 102 cm³/mol. The van der Waals surface area contributed by atoms with E-state index < -0.39 is 0 Å². The molecule has 0 aliphatic carbocycles. The molecule has 0 aliphatic rings. The Bertz CT molecular complexity index is 475. The summed E-state index contributed by atoms with van der Waals surface area (Å²) in [7, 11) is 4.09. The molecule has 2 N–H and O–H groups in total. The van der Waals surface area contributed by atoms with Gasteiger partial charge in [-0.05, 0) is 40.9 Å². The molecule has 126 valence electrons. The van der Waals surface area contributed by atoms with Crippen molar-refractivity contribution >= 4 is 29.9 Å². The van der Waals surface area contributed by atoms with E-state index in [1.807, 2.05) is 27.1 Å². The monoisotopic (exact) mass is 422 g/mol. The van der Waals surface area contributed by atoms with Gasteiger partial charge < -0.3 is 15.5 Å². The molecular formula is C16H28FIN4. The number of rotatable bonds is 6. The first kappa shape index (κ1) is 21.1. The topological polar surface area (TPSA) is 39.7 Å². The Balaban J connectivity index is 0.00000441. The Kier molecular flexibility index (Phi) is 9.59. The highest BCUT2D eigenvalue weighted by atomic mass is 127. The largest absolute Gasteiger partial charge is 0.357 e. The average Bonchev–Trinajstić information content (AvgIpc) is 2.43. The van der Waals surface area contributed by atoms with Gasteiger partial charge in [0.15, 0.2) is 5.96 Å². The van der Waals surface area contributed by atoms with Crippen molar-refractivity contribution < 1.29 is 4.39 Å². The lowest BCUT2D eigenvalue weighted by atomic mass is 10.0. The minimum absolute atomic E-state index is 0. The van der Waals surface area contributed by atoms with Gasteiger partial charge in [0.05, 0.1) is 6.54 Å². The van der Waals surface area contributed by atoms with E-state index >= 15 is 0 Å². The molecular weight excluding hydrogens is 394 g/mol. The summed E-state index contributed by atoms with van der Waals surface area (Å²) in [6.45, 7) is 8.16. The maximum absolute atomic E-state index is 13.6. The number of aliphatic imine (C=N–C) groups is 1. The van der Waals surface area contributed by atoms with E-state index in [-0.39, 0.29) is 35.3 Å². The van der Waals surface area contributed by atoms with E-state index in [2.05, 4.69) is 34.4 Å². The summed E-state index contributed by atoms with van der Waals surface area (Å²) in [5.41, 5.74) is 0.607. The molecule has 0 fully saturated rings. The highest BCUT2D eigenvalue weighted by molar-refractivity contribution is 14.0. The lowest BCUT2D eigenvalue weighted by molar-refractivity contribution is 0.197. The van der Waals surface area contributed by atoms with Crippen LogP contribution in [0.4, 0.5) is 4.39 Å². The molecule has 0 unspecified atom stereocenters. The number of hydrogen-bond acceptors (Lipinski definition) is 2. The zero-order valence-corrected chi connectivity index (χ0v) is 16.4. The second-order valence-corrected chi connectivity index (χ2v) is 5.85. The Labute approximate surface area is 150 Å². The zero-order chi connectivity index (χ0) is 15.9. The number of hydrogen-bond donors (Lipinski definition) is 2. The van der Waals surface area contributed by atoms with E-state index in [0.717, 1.165) is 13.1 Å². The minimum Gasteiger partial charge on any atom is -0.357 e. The van der Waals surface area contributed by atoms with Gasteiger partial charge in [-0.2, -0.15) is 0 Å². The van der Waals surface area contributed by atoms with Crippen LogP contribution in [-0.4, -0.2) is 43.6 Å². The second kappa shape index (κ2) is 9.99. The Hall–Kier alpha value is -0.890. The summed E-state index contributed by atoms with van der Waals surface area (Å²) in [5, 5.41) is 6.49. The molecule has 0 bridgehead atoms. The Morgan fingerprint density at radius 2 is 1.86 bits per heavy atom. The van der Waals surface area contributed by atoms with E-state index in [1.54, 1.807) is 12.1 Å². The van der Waals surface area contributed by atoms with Crippen LogP contribution in [0.25, 0.3) is 0 Å². The standard InChI is InChI=1S/C16H27FN4.HI/c1-6-18-15(20-12-16(2,3)21(4)5)19-11-13-9-7-8-10-14(13)17;/h7-10H,6,11-12H2,1-5H3,(H2,18,19,20);1H. The van der Waals surface area contributed by atoms with E-state index in [4.69, 9.17) is 0 Å². The third kappa shape index (κ3) is 6.91. The Morgan fingerprint density at radius 3 is 2.41 bits per heavy atom. The lowest BCUT2D eigenvalue weighted by Gasteiger charge is -2.33. The average molecular weight is 422 g/mol. The highest BCUT2D eigenvalue weighted by Crippen LogP contribution is 2.09. The summed E-state index contributed by atoms with van der Waals surface area (Å²) in [6, 6.07) is 6.72. The number of likely N-dealkylation sites (N-methyl/N-ethyl adjacent to an activating group) is 1. The van der Waals surface area contributed by atoms with Gasteiger partial charge >= 0.3 is 0 Å². The highest BCUT2D eigenvalue weighted by Gasteiger charge is 2.20. The van der Waals surface area contributed by atoms with Crippen molar-refractivity contribution in [3.8, 4) is 0 Å². The first-order valence-electron chi connectivity index (χ1n) is 7.30. The quantitative estimate of drug-likeness (QED) is 0.421. The molecule has 6 heteroatoms. The minimum atomic E-state index is -0.217. The van der Waals surface area contributed by atoms with Crippen molar-refractivity contribution in [1.82, 2.24) is 15.5 Å². The first-order chi connectivity index (χ1) is 9.86. The summed E-state index contributed by atoms with van der Waals surface area (Å²) < 4.78 is 13.6. The third-order valence-electron chi connectivity index (χ3n) is 3.61. The van der Waals surface area contributed by atoms with Crippen molar-refractivity contribution in [1.29, 1.82) is 0 Å². The van der Waals surface area contributed by atoms with Crippen molar-refractivity contribution in [3.63, 3.8) is 0 Å². The van der Waals surface area contributed by atoms with Crippen LogP contribution in [0.5, 0.6) is 0 Å². The van der Waals surface area contributed by atoms with E-state index in [9.17, 15) is 4.39 Å². The smallest absolute Gasteiger partial charge is 0.191 e. The van der Waals surface area contributed by atoms with Crippen LogP contribution < -0.4 is 10.6 Å². The first-order valence-corrected chi connectivity index (χ1v) is 7.30. The van der Waals surface area contributed by atoms with Crippen LogP contribution >= 0.6 is 24.0 Å². The van der Waals surface area contributed by atoms with Crippen molar-refractivity contribution in [2.45, 2.75) is 32.9 Å². The number of guanidine groups is 1. The molecule has 0 radical (unpaired) electrons. The van der Waals surface area contributed by atoms with Gasteiger partial charge in [-0.1, -0.05) is 18.2 Å². The molecule has 0 amide bonds. The van der Waals surface area contributed by atoms with Crippen LogP contribution in [0, 0.1) is 5.82 Å². The van der Waals surface area contributed by atoms with Gasteiger partial charge in [0.25, 0.3) is 0 Å². The number of nitrogens with one attached hydrogen (secondary N) is 2. The SMILES string of the molecule is CCNC(=NCc1ccccc1F)NCC(C)(C)N(C)C.I. The number of benzene rings is 1. The van der Waals surface area contributed by atoms with E-state index in [0.29, 0.717) is 18.1 Å². The predicted octanol–water partition coefficient (Wildman–Crippen LogP) is 2.84. The van der Waals surface area contributed by atoms with Crippen LogP contribution in [0.2, 0.25) is 0 Å². The number of halogens is 2. The van der Waals surface area contributed by atoms with Gasteiger partial charge in [-0.25, -0.2) is 9.38 Å². The van der Waals surface area contributed by atoms with Gasteiger partial charge in [0.1, 0.15) is 5.82 Å². The van der Waals surface area contributed by atoms with Gasteiger partial charge in [0.2, 0.25) is 0 Å². The molecule has 0 heterocycles. The molecule has 0 atom stereocenters. The van der Waals surface area contributed by atoms with Crippen LogP contribution in [0.1, 0.15) is 26.3 Å². The van der Waals surface area contributed by atoms with Gasteiger partial charge in [0, 0.05) is 24.2 Å². The zero-order valence-electron chi connectivity index (χ0n) is 14.1.